The summed E-state index contributed by atoms with van der Waals surface area (Å²) in [7, 11) is 1.69. The third-order valence-electron chi connectivity index (χ3n) is 3.59. The van der Waals surface area contributed by atoms with Crippen LogP contribution in [0.25, 0.3) is 0 Å². The van der Waals surface area contributed by atoms with Gasteiger partial charge in [-0.25, -0.2) is 0 Å². The topological polar surface area (TPSA) is 39.7 Å². The van der Waals surface area contributed by atoms with E-state index in [0.717, 1.165) is 31.9 Å². The van der Waals surface area contributed by atoms with Gasteiger partial charge in [0.25, 0.3) is 0 Å². The lowest BCUT2D eigenvalue weighted by molar-refractivity contribution is 0.0687. The minimum Gasteiger partial charge on any atom is -0.493 e. The molecular weight excluding hydrogens is 254 g/mol. The van der Waals surface area contributed by atoms with Crippen LogP contribution in [0.3, 0.4) is 0 Å². The maximum atomic E-state index is 5.76. The van der Waals surface area contributed by atoms with E-state index in [4.69, 9.17) is 14.2 Å². The smallest absolute Gasteiger partial charge is 0.124 e. The van der Waals surface area contributed by atoms with Crippen LogP contribution in [-0.4, -0.2) is 40.1 Å². The second kappa shape index (κ2) is 8.25. The van der Waals surface area contributed by atoms with Gasteiger partial charge in [-0.2, -0.15) is 0 Å². The molecule has 0 spiro atoms. The SMILES string of the molecule is COCCOCCCNC1c2ccccc2OCC1C. The van der Waals surface area contributed by atoms with Crippen molar-refractivity contribution in [3.63, 3.8) is 0 Å². The van der Waals surface area contributed by atoms with Crippen LogP contribution >= 0.6 is 0 Å². The lowest BCUT2D eigenvalue weighted by Crippen LogP contribution is -2.34. The predicted octanol–water partition coefficient (Wildman–Crippen LogP) is 2.40. The summed E-state index contributed by atoms with van der Waals surface area (Å²) in [6.07, 6.45) is 1.01. The van der Waals surface area contributed by atoms with Gasteiger partial charge in [0.15, 0.2) is 0 Å². The second-order valence-corrected chi connectivity index (χ2v) is 5.22. The first-order valence-electron chi connectivity index (χ1n) is 7.34. The average Bonchev–Trinajstić information content (AvgIpc) is 2.48. The molecule has 0 aliphatic carbocycles. The van der Waals surface area contributed by atoms with Crippen LogP contribution < -0.4 is 10.1 Å². The second-order valence-electron chi connectivity index (χ2n) is 5.22. The van der Waals surface area contributed by atoms with E-state index in [1.807, 2.05) is 12.1 Å². The monoisotopic (exact) mass is 279 g/mol. The lowest BCUT2D eigenvalue weighted by atomic mass is 9.92. The maximum absolute atomic E-state index is 5.76. The van der Waals surface area contributed by atoms with E-state index in [2.05, 4.69) is 24.4 Å². The molecular formula is C16H25NO3. The van der Waals surface area contributed by atoms with E-state index in [9.17, 15) is 0 Å². The first-order chi connectivity index (χ1) is 9.83. The van der Waals surface area contributed by atoms with Gasteiger partial charge in [-0.3, -0.25) is 0 Å². The van der Waals surface area contributed by atoms with E-state index in [1.165, 1.54) is 5.56 Å². The van der Waals surface area contributed by atoms with Gasteiger partial charge >= 0.3 is 0 Å². The van der Waals surface area contributed by atoms with Crippen molar-refractivity contribution in [2.75, 3.05) is 40.1 Å². The van der Waals surface area contributed by atoms with E-state index in [-0.39, 0.29) is 0 Å². The Morgan fingerprint density at radius 2 is 2.10 bits per heavy atom. The minimum absolute atomic E-state index is 0.374. The van der Waals surface area contributed by atoms with Crippen LogP contribution in [0.4, 0.5) is 0 Å². The summed E-state index contributed by atoms with van der Waals surface area (Å²) in [5, 5.41) is 3.63. The highest BCUT2D eigenvalue weighted by Crippen LogP contribution is 2.34. The van der Waals surface area contributed by atoms with Crippen molar-refractivity contribution in [3.8, 4) is 5.75 Å². The molecule has 0 fully saturated rings. The number of rotatable bonds is 8. The highest BCUT2D eigenvalue weighted by Gasteiger charge is 2.26. The first-order valence-corrected chi connectivity index (χ1v) is 7.34. The number of fused-ring (bicyclic) bond motifs is 1. The van der Waals surface area contributed by atoms with Gasteiger partial charge in [-0.05, 0) is 19.0 Å². The van der Waals surface area contributed by atoms with E-state index < -0.39 is 0 Å². The molecule has 1 aromatic rings. The predicted molar refractivity (Wildman–Crippen MR) is 79.2 cm³/mol. The molecule has 0 aromatic heterocycles. The molecule has 1 aliphatic heterocycles. The van der Waals surface area contributed by atoms with Gasteiger partial charge < -0.3 is 19.5 Å². The van der Waals surface area contributed by atoms with E-state index in [1.54, 1.807) is 7.11 Å². The summed E-state index contributed by atoms with van der Waals surface area (Å²) in [5.74, 6) is 1.50. The number of methoxy groups -OCH3 is 1. The van der Waals surface area contributed by atoms with Crippen molar-refractivity contribution in [3.05, 3.63) is 29.8 Å². The molecule has 20 heavy (non-hydrogen) atoms. The number of hydrogen-bond acceptors (Lipinski definition) is 4. The number of nitrogens with one attached hydrogen (secondary N) is 1. The number of benzene rings is 1. The van der Waals surface area contributed by atoms with Crippen LogP contribution in [-0.2, 0) is 9.47 Å². The van der Waals surface area contributed by atoms with Gasteiger partial charge in [0, 0.05) is 31.2 Å². The highest BCUT2D eigenvalue weighted by atomic mass is 16.5. The zero-order valence-electron chi connectivity index (χ0n) is 12.4. The maximum Gasteiger partial charge on any atom is 0.124 e. The normalized spacial score (nSPS) is 21.3. The molecule has 1 aromatic carbocycles. The third-order valence-corrected chi connectivity index (χ3v) is 3.59. The van der Waals surface area contributed by atoms with Gasteiger partial charge in [-0.15, -0.1) is 0 Å². The summed E-state index contributed by atoms with van der Waals surface area (Å²) in [6, 6.07) is 8.67. The molecule has 2 atom stereocenters. The summed E-state index contributed by atoms with van der Waals surface area (Å²) in [4.78, 5) is 0. The van der Waals surface area contributed by atoms with Crippen LogP contribution in [0.1, 0.15) is 24.9 Å². The molecule has 112 valence electrons. The Hall–Kier alpha value is -1.10. The Morgan fingerprint density at radius 1 is 1.25 bits per heavy atom. The number of para-hydroxylation sites is 1. The Kier molecular flexibility index (Phi) is 6.30. The standard InChI is InChI=1S/C16H25NO3/c1-13-12-20-15-7-4-3-6-14(15)16(13)17-8-5-9-19-11-10-18-2/h3-4,6-7,13,16-17H,5,8-12H2,1-2H3. The summed E-state index contributed by atoms with van der Waals surface area (Å²) in [6.45, 7) is 6.07. The third kappa shape index (κ3) is 4.20. The lowest BCUT2D eigenvalue weighted by Gasteiger charge is -2.32. The van der Waals surface area contributed by atoms with Crippen molar-refractivity contribution in [1.82, 2.24) is 5.32 Å². The van der Waals surface area contributed by atoms with E-state index >= 15 is 0 Å². The fraction of sp³-hybridized carbons (Fsp3) is 0.625. The molecule has 0 radical (unpaired) electrons. The molecule has 0 amide bonds. The fourth-order valence-corrected chi connectivity index (χ4v) is 2.48. The van der Waals surface area contributed by atoms with Gasteiger partial charge in [0.2, 0.25) is 0 Å². The molecule has 4 heteroatoms. The molecule has 1 heterocycles. The molecule has 0 saturated carbocycles. The molecule has 1 aliphatic rings. The Labute approximate surface area is 121 Å². The summed E-state index contributed by atoms with van der Waals surface area (Å²) in [5.41, 5.74) is 1.27. The average molecular weight is 279 g/mol. The largest absolute Gasteiger partial charge is 0.493 e. The van der Waals surface area contributed by atoms with Gasteiger partial charge in [0.1, 0.15) is 5.75 Å². The van der Waals surface area contributed by atoms with E-state index in [0.29, 0.717) is 25.2 Å². The Morgan fingerprint density at radius 3 is 2.95 bits per heavy atom. The van der Waals surface area contributed by atoms with Crippen LogP contribution in [0.5, 0.6) is 5.75 Å². The minimum atomic E-state index is 0.374. The number of ether oxygens (including phenoxy) is 3. The molecule has 1 N–H and O–H groups in total. The van der Waals surface area contributed by atoms with Crippen LogP contribution in [0.15, 0.2) is 24.3 Å². The van der Waals surface area contributed by atoms with Gasteiger partial charge in [0.05, 0.1) is 19.8 Å². The summed E-state index contributed by atoms with van der Waals surface area (Å²) < 4.78 is 16.2. The van der Waals surface area contributed by atoms with Crippen molar-refractivity contribution >= 4 is 0 Å². The highest BCUT2D eigenvalue weighted by molar-refractivity contribution is 5.37. The van der Waals surface area contributed by atoms with Crippen LogP contribution in [0.2, 0.25) is 0 Å². The molecule has 0 saturated heterocycles. The van der Waals surface area contributed by atoms with Gasteiger partial charge in [-0.1, -0.05) is 25.1 Å². The zero-order valence-corrected chi connectivity index (χ0v) is 12.4. The van der Waals surface area contributed by atoms with Crippen LogP contribution in [0, 0.1) is 5.92 Å². The molecule has 4 nitrogen and oxygen atoms in total. The fourth-order valence-electron chi connectivity index (χ4n) is 2.48. The first kappa shape index (κ1) is 15.3. The van der Waals surface area contributed by atoms with Crippen molar-refractivity contribution in [2.24, 2.45) is 5.92 Å². The Bertz CT molecular complexity index is 397. The quantitative estimate of drug-likeness (QED) is 0.742. The van der Waals surface area contributed by atoms with Crippen molar-refractivity contribution in [2.45, 2.75) is 19.4 Å². The Balaban J connectivity index is 1.75. The molecule has 0 bridgehead atoms. The number of hydrogen-bond donors (Lipinski definition) is 1. The summed E-state index contributed by atoms with van der Waals surface area (Å²) >= 11 is 0. The molecule has 2 rings (SSSR count). The van der Waals surface area contributed by atoms with Crippen molar-refractivity contribution in [1.29, 1.82) is 0 Å². The zero-order chi connectivity index (χ0) is 14.2. The molecule has 2 unspecified atom stereocenters. The van der Waals surface area contributed by atoms with Crippen molar-refractivity contribution < 1.29 is 14.2 Å².